The number of benzene rings is 1. The minimum atomic E-state index is -0.490. The summed E-state index contributed by atoms with van der Waals surface area (Å²) in [6.07, 6.45) is 1.97. The lowest BCUT2D eigenvalue weighted by atomic mass is 9.96. The van der Waals surface area contributed by atoms with E-state index in [1.807, 2.05) is 62.7 Å². The number of para-hydroxylation sites is 2. The van der Waals surface area contributed by atoms with Crippen molar-refractivity contribution >= 4 is 17.2 Å². The van der Waals surface area contributed by atoms with Crippen molar-refractivity contribution in [2.24, 2.45) is 10.4 Å². The molecule has 0 radical (unpaired) electrons. The molecular formula is C16H20N2O2S. The molecule has 0 aliphatic heterocycles. The van der Waals surface area contributed by atoms with E-state index in [2.05, 4.69) is 4.99 Å². The number of methoxy groups -OCH3 is 1. The summed E-state index contributed by atoms with van der Waals surface area (Å²) in [6.45, 7) is 7.60. The third kappa shape index (κ3) is 3.42. The van der Waals surface area contributed by atoms with E-state index >= 15 is 0 Å². The lowest BCUT2D eigenvalue weighted by Crippen LogP contribution is -2.23. The number of ether oxygens (including phenoxy) is 1. The van der Waals surface area contributed by atoms with Crippen LogP contribution in [0.4, 0.5) is 0 Å². The fourth-order valence-electron chi connectivity index (χ4n) is 1.79. The number of aromatic nitrogens is 1. The largest absolute Gasteiger partial charge is 0.495 e. The van der Waals surface area contributed by atoms with Gasteiger partial charge in [0.1, 0.15) is 5.75 Å². The van der Waals surface area contributed by atoms with Crippen molar-refractivity contribution < 1.29 is 9.53 Å². The zero-order chi connectivity index (χ0) is 15.6. The van der Waals surface area contributed by atoms with Crippen LogP contribution in [0, 0.1) is 12.3 Å². The van der Waals surface area contributed by atoms with Crippen LogP contribution in [0.2, 0.25) is 0 Å². The first-order valence-corrected chi connectivity index (χ1v) is 7.56. The number of thiazole rings is 1. The maximum atomic E-state index is 12.2. The molecule has 0 saturated carbocycles. The lowest BCUT2D eigenvalue weighted by Gasteiger charge is -2.12. The third-order valence-electron chi connectivity index (χ3n) is 2.95. The molecule has 0 atom stereocenters. The summed E-state index contributed by atoms with van der Waals surface area (Å²) in [7, 11) is 1.63. The molecule has 1 aromatic heterocycles. The maximum absolute atomic E-state index is 12.2. The molecule has 5 heteroatoms. The summed E-state index contributed by atoms with van der Waals surface area (Å²) in [5, 5.41) is 0. The third-order valence-corrected chi connectivity index (χ3v) is 3.85. The van der Waals surface area contributed by atoms with Gasteiger partial charge in [-0.3, -0.25) is 9.36 Å². The first-order chi connectivity index (χ1) is 9.82. The highest BCUT2D eigenvalue weighted by atomic mass is 32.1. The van der Waals surface area contributed by atoms with Crippen LogP contribution in [0.15, 0.2) is 35.5 Å². The van der Waals surface area contributed by atoms with E-state index < -0.39 is 5.41 Å². The molecular weight excluding hydrogens is 284 g/mol. The molecule has 0 N–H and O–H groups in total. The Hall–Kier alpha value is -1.88. The number of aryl methyl sites for hydroxylation is 1. The van der Waals surface area contributed by atoms with Gasteiger partial charge >= 0.3 is 0 Å². The van der Waals surface area contributed by atoms with Gasteiger partial charge in [0.05, 0.1) is 12.8 Å². The lowest BCUT2D eigenvalue weighted by molar-refractivity contribution is -0.125. The summed E-state index contributed by atoms with van der Waals surface area (Å²) in [5.74, 6) is 0.618. The predicted octanol–water partition coefficient (Wildman–Crippen LogP) is 3.33. The summed E-state index contributed by atoms with van der Waals surface area (Å²) in [4.78, 5) is 18.2. The Balaban J connectivity index is 2.62. The van der Waals surface area contributed by atoms with Gasteiger partial charge in [-0.15, -0.1) is 11.3 Å². The molecule has 1 amide bonds. The molecule has 1 heterocycles. The van der Waals surface area contributed by atoms with Crippen LogP contribution in [-0.2, 0) is 4.79 Å². The van der Waals surface area contributed by atoms with Gasteiger partial charge in [-0.05, 0) is 19.1 Å². The minimum Gasteiger partial charge on any atom is -0.495 e. The molecule has 21 heavy (non-hydrogen) atoms. The van der Waals surface area contributed by atoms with Crippen LogP contribution in [-0.4, -0.2) is 17.6 Å². The number of carbonyl (C=O) groups is 1. The van der Waals surface area contributed by atoms with Gasteiger partial charge < -0.3 is 4.74 Å². The highest BCUT2D eigenvalue weighted by molar-refractivity contribution is 7.09. The highest BCUT2D eigenvalue weighted by Crippen LogP contribution is 2.22. The highest BCUT2D eigenvalue weighted by Gasteiger charge is 2.21. The fourth-order valence-corrected chi connectivity index (χ4v) is 2.61. The SMILES string of the molecule is COc1ccccc1-n1cc(C)sc1=NC(=O)C(C)(C)C. The molecule has 2 rings (SSSR count). The van der Waals surface area contributed by atoms with Gasteiger partial charge in [0.25, 0.3) is 5.91 Å². The monoisotopic (exact) mass is 304 g/mol. The van der Waals surface area contributed by atoms with Crippen molar-refractivity contribution in [3.8, 4) is 11.4 Å². The van der Waals surface area contributed by atoms with Gasteiger partial charge in [-0.2, -0.15) is 4.99 Å². The van der Waals surface area contributed by atoms with Crippen molar-refractivity contribution in [3.05, 3.63) is 40.1 Å². The zero-order valence-corrected chi connectivity index (χ0v) is 13.8. The van der Waals surface area contributed by atoms with E-state index in [4.69, 9.17) is 4.74 Å². The molecule has 0 aliphatic rings. The molecule has 0 fully saturated rings. The van der Waals surface area contributed by atoms with Crippen LogP contribution in [0.5, 0.6) is 5.75 Å². The minimum absolute atomic E-state index is 0.131. The Kier molecular flexibility index (Phi) is 4.32. The number of hydrogen-bond donors (Lipinski definition) is 0. The number of nitrogens with zero attached hydrogens (tertiary/aromatic N) is 2. The second kappa shape index (κ2) is 5.85. The standard InChI is InChI=1S/C16H20N2O2S/c1-11-10-18(12-8-6-7-9-13(12)20-5)15(21-11)17-14(19)16(2,3)4/h6-10H,1-5H3. The number of carbonyl (C=O) groups excluding carboxylic acids is 1. The quantitative estimate of drug-likeness (QED) is 0.854. The van der Waals surface area contributed by atoms with Crippen molar-refractivity contribution in [1.29, 1.82) is 0 Å². The van der Waals surface area contributed by atoms with Gasteiger partial charge in [0, 0.05) is 16.5 Å². The Morgan fingerprint density at radius 3 is 2.57 bits per heavy atom. The average molecular weight is 304 g/mol. The summed E-state index contributed by atoms with van der Waals surface area (Å²) in [6, 6.07) is 7.70. The summed E-state index contributed by atoms with van der Waals surface area (Å²) in [5.41, 5.74) is 0.390. The molecule has 0 aliphatic carbocycles. The fraction of sp³-hybridized carbons (Fsp3) is 0.375. The van der Waals surface area contributed by atoms with E-state index in [1.165, 1.54) is 11.3 Å². The number of rotatable bonds is 2. The average Bonchev–Trinajstić information content (AvgIpc) is 2.78. The molecule has 112 valence electrons. The molecule has 0 unspecified atom stereocenters. The van der Waals surface area contributed by atoms with Crippen LogP contribution < -0.4 is 9.54 Å². The second-order valence-electron chi connectivity index (χ2n) is 5.83. The molecule has 0 spiro atoms. The van der Waals surface area contributed by atoms with Crippen molar-refractivity contribution in [3.63, 3.8) is 0 Å². The second-order valence-corrected chi connectivity index (χ2v) is 7.05. The Bertz CT molecular complexity index is 720. The Labute approximate surface area is 128 Å². The number of amides is 1. The maximum Gasteiger partial charge on any atom is 0.253 e. The van der Waals surface area contributed by atoms with Crippen molar-refractivity contribution in [1.82, 2.24) is 4.57 Å². The van der Waals surface area contributed by atoms with Crippen LogP contribution in [0.3, 0.4) is 0 Å². The Morgan fingerprint density at radius 1 is 1.29 bits per heavy atom. The Morgan fingerprint density at radius 2 is 1.95 bits per heavy atom. The first-order valence-electron chi connectivity index (χ1n) is 6.74. The normalized spacial score (nSPS) is 12.5. The van der Waals surface area contributed by atoms with Crippen molar-refractivity contribution in [2.75, 3.05) is 7.11 Å². The zero-order valence-electron chi connectivity index (χ0n) is 13.0. The van der Waals surface area contributed by atoms with Crippen LogP contribution in [0.1, 0.15) is 25.6 Å². The van der Waals surface area contributed by atoms with E-state index in [0.717, 1.165) is 16.3 Å². The summed E-state index contributed by atoms with van der Waals surface area (Å²) < 4.78 is 7.30. The van der Waals surface area contributed by atoms with E-state index in [9.17, 15) is 4.79 Å². The van der Waals surface area contributed by atoms with Gasteiger partial charge in [-0.25, -0.2) is 0 Å². The van der Waals surface area contributed by atoms with Gasteiger partial charge in [0.2, 0.25) is 0 Å². The molecule has 0 bridgehead atoms. The molecule has 0 saturated heterocycles. The van der Waals surface area contributed by atoms with Crippen LogP contribution in [0.25, 0.3) is 5.69 Å². The smallest absolute Gasteiger partial charge is 0.253 e. The summed E-state index contributed by atoms with van der Waals surface area (Å²) >= 11 is 1.49. The molecule has 2 aromatic rings. The molecule has 1 aromatic carbocycles. The number of hydrogen-bond acceptors (Lipinski definition) is 3. The molecule has 4 nitrogen and oxygen atoms in total. The van der Waals surface area contributed by atoms with Gasteiger partial charge in [-0.1, -0.05) is 32.9 Å². The van der Waals surface area contributed by atoms with Gasteiger partial charge in [0.15, 0.2) is 4.80 Å². The van der Waals surface area contributed by atoms with E-state index in [0.29, 0.717) is 4.80 Å². The van der Waals surface area contributed by atoms with E-state index in [-0.39, 0.29) is 5.91 Å². The van der Waals surface area contributed by atoms with E-state index in [1.54, 1.807) is 7.11 Å². The predicted molar refractivity (Wildman–Crippen MR) is 85.0 cm³/mol. The topological polar surface area (TPSA) is 43.6 Å². The first kappa shape index (κ1) is 15.5. The van der Waals surface area contributed by atoms with Crippen LogP contribution >= 0.6 is 11.3 Å². The van der Waals surface area contributed by atoms with Crippen molar-refractivity contribution in [2.45, 2.75) is 27.7 Å².